The Hall–Kier alpha value is -0.650. The van der Waals surface area contributed by atoms with Crippen molar-refractivity contribution in [1.82, 2.24) is 0 Å². The molecular formula is C11H23NO4. The molecule has 5 nitrogen and oxygen atoms in total. The lowest BCUT2D eigenvalue weighted by Gasteiger charge is -2.20. The van der Waals surface area contributed by atoms with Gasteiger partial charge in [0.2, 0.25) is 0 Å². The molecule has 0 rings (SSSR count). The van der Waals surface area contributed by atoms with E-state index in [2.05, 4.69) is 4.74 Å². The van der Waals surface area contributed by atoms with E-state index in [0.717, 1.165) is 12.8 Å². The number of esters is 1. The van der Waals surface area contributed by atoms with Crippen LogP contribution in [0.25, 0.3) is 0 Å². The fraction of sp³-hybridized carbons (Fsp3) is 0.909. The lowest BCUT2D eigenvalue weighted by Crippen LogP contribution is -2.45. The standard InChI is InChI=1S/C11H23NO4/c1-11(12,10(13)15-3)6-4-5-7-16-9-8-14-2/h4-9,12H2,1-3H3. The minimum atomic E-state index is -0.888. The highest BCUT2D eigenvalue weighted by Gasteiger charge is 2.28. The van der Waals surface area contributed by atoms with Crippen LogP contribution in [-0.2, 0) is 19.0 Å². The van der Waals surface area contributed by atoms with Crippen LogP contribution in [-0.4, -0.2) is 45.5 Å². The summed E-state index contributed by atoms with van der Waals surface area (Å²) in [4.78, 5) is 11.2. The van der Waals surface area contributed by atoms with Gasteiger partial charge in [-0.15, -0.1) is 0 Å². The molecular weight excluding hydrogens is 210 g/mol. The van der Waals surface area contributed by atoms with E-state index in [0.29, 0.717) is 26.2 Å². The lowest BCUT2D eigenvalue weighted by molar-refractivity contribution is -0.146. The number of carbonyl (C=O) groups excluding carboxylic acids is 1. The third-order valence-corrected chi connectivity index (χ3v) is 2.32. The van der Waals surface area contributed by atoms with Crippen molar-refractivity contribution in [2.75, 3.05) is 34.0 Å². The van der Waals surface area contributed by atoms with Crippen LogP contribution in [0.4, 0.5) is 0 Å². The molecule has 1 atom stereocenters. The van der Waals surface area contributed by atoms with Gasteiger partial charge >= 0.3 is 5.97 Å². The second kappa shape index (κ2) is 8.50. The van der Waals surface area contributed by atoms with Gasteiger partial charge in [0.1, 0.15) is 5.54 Å². The highest BCUT2D eigenvalue weighted by atomic mass is 16.5. The summed E-state index contributed by atoms with van der Waals surface area (Å²) in [5.41, 5.74) is 4.91. The Balaban J connectivity index is 3.47. The molecule has 2 N–H and O–H groups in total. The van der Waals surface area contributed by atoms with E-state index in [-0.39, 0.29) is 5.97 Å². The molecule has 0 amide bonds. The number of unbranched alkanes of at least 4 members (excludes halogenated alkanes) is 1. The zero-order chi connectivity index (χ0) is 12.4. The van der Waals surface area contributed by atoms with Crippen molar-refractivity contribution in [3.05, 3.63) is 0 Å². The highest BCUT2D eigenvalue weighted by molar-refractivity contribution is 5.79. The number of ether oxygens (including phenoxy) is 3. The first-order valence-corrected chi connectivity index (χ1v) is 5.48. The molecule has 0 saturated heterocycles. The second-order valence-electron chi connectivity index (χ2n) is 3.97. The van der Waals surface area contributed by atoms with Crippen LogP contribution >= 0.6 is 0 Å². The number of nitrogens with two attached hydrogens (primary N) is 1. The molecule has 0 spiro atoms. The van der Waals surface area contributed by atoms with Gasteiger partial charge in [-0.05, 0) is 26.2 Å². The Morgan fingerprint density at radius 3 is 2.44 bits per heavy atom. The van der Waals surface area contributed by atoms with Gasteiger partial charge in [0, 0.05) is 13.7 Å². The Kier molecular flexibility index (Phi) is 8.15. The summed E-state index contributed by atoms with van der Waals surface area (Å²) in [5.74, 6) is -0.368. The quantitative estimate of drug-likeness (QED) is 0.469. The van der Waals surface area contributed by atoms with E-state index in [9.17, 15) is 4.79 Å². The third-order valence-electron chi connectivity index (χ3n) is 2.32. The maximum absolute atomic E-state index is 11.2. The number of hydrogen-bond acceptors (Lipinski definition) is 5. The number of rotatable bonds is 9. The van der Waals surface area contributed by atoms with E-state index >= 15 is 0 Å². The minimum Gasteiger partial charge on any atom is -0.468 e. The molecule has 16 heavy (non-hydrogen) atoms. The van der Waals surface area contributed by atoms with Crippen LogP contribution in [0.5, 0.6) is 0 Å². The van der Waals surface area contributed by atoms with Crippen molar-refractivity contribution in [2.24, 2.45) is 5.73 Å². The molecule has 0 heterocycles. The van der Waals surface area contributed by atoms with Crippen molar-refractivity contribution < 1.29 is 19.0 Å². The monoisotopic (exact) mass is 233 g/mol. The summed E-state index contributed by atoms with van der Waals surface area (Å²) in [6.07, 6.45) is 2.33. The molecule has 0 aliphatic rings. The maximum atomic E-state index is 11.2. The summed E-state index contributed by atoms with van der Waals surface area (Å²) < 4.78 is 14.7. The molecule has 0 fully saturated rings. The first-order valence-electron chi connectivity index (χ1n) is 5.48. The Morgan fingerprint density at radius 2 is 1.88 bits per heavy atom. The Morgan fingerprint density at radius 1 is 1.19 bits per heavy atom. The third kappa shape index (κ3) is 6.76. The Bertz CT molecular complexity index is 194. The van der Waals surface area contributed by atoms with E-state index in [1.165, 1.54) is 7.11 Å². The summed E-state index contributed by atoms with van der Waals surface area (Å²) in [5, 5.41) is 0. The van der Waals surface area contributed by atoms with Gasteiger partial charge in [-0.25, -0.2) is 0 Å². The van der Waals surface area contributed by atoms with Gasteiger partial charge in [-0.2, -0.15) is 0 Å². The summed E-state index contributed by atoms with van der Waals surface area (Å²) in [7, 11) is 2.99. The zero-order valence-electron chi connectivity index (χ0n) is 10.5. The van der Waals surface area contributed by atoms with Gasteiger partial charge in [0.15, 0.2) is 0 Å². The van der Waals surface area contributed by atoms with Gasteiger partial charge < -0.3 is 19.9 Å². The number of methoxy groups -OCH3 is 2. The van der Waals surface area contributed by atoms with Gasteiger partial charge in [-0.3, -0.25) is 4.79 Å². The normalized spacial score (nSPS) is 14.5. The summed E-state index contributed by atoms with van der Waals surface area (Å²) >= 11 is 0. The summed E-state index contributed by atoms with van der Waals surface area (Å²) in [6.45, 7) is 3.56. The molecule has 0 saturated carbocycles. The largest absolute Gasteiger partial charge is 0.468 e. The van der Waals surface area contributed by atoms with Crippen molar-refractivity contribution in [3.8, 4) is 0 Å². The molecule has 0 aromatic carbocycles. The lowest BCUT2D eigenvalue weighted by atomic mass is 9.96. The molecule has 0 aliphatic carbocycles. The predicted octanol–water partition coefficient (Wildman–Crippen LogP) is 0.710. The van der Waals surface area contributed by atoms with E-state index in [1.807, 2.05) is 0 Å². The molecule has 0 bridgehead atoms. The highest BCUT2D eigenvalue weighted by Crippen LogP contribution is 2.12. The maximum Gasteiger partial charge on any atom is 0.325 e. The molecule has 5 heteroatoms. The van der Waals surface area contributed by atoms with Crippen molar-refractivity contribution >= 4 is 5.97 Å². The molecule has 0 aromatic rings. The topological polar surface area (TPSA) is 70.8 Å². The summed E-state index contributed by atoms with van der Waals surface area (Å²) in [6, 6.07) is 0. The van der Waals surface area contributed by atoms with Crippen molar-refractivity contribution in [2.45, 2.75) is 31.7 Å². The fourth-order valence-electron chi connectivity index (χ4n) is 1.28. The zero-order valence-corrected chi connectivity index (χ0v) is 10.5. The van der Waals surface area contributed by atoms with Crippen LogP contribution in [0, 0.1) is 0 Å². The van der Waals surface area contributed by atoms with Crippen LogP contribution in [0.2, 0.25) is 0 Å². The second-order valence-corrected chi connectivity index (χ2v) is 3.97. The minimum absolute atomic E-state index is 0.368. The van der Waals surface area contributed by atoms with Gasteiger partial charge in [0.25, 0.3) is 0 Å². The van der Waals surface area contributed by atoms with E-state index in [4.69, 9.17) is 15.2 Å². The number of carbonyl (C=O) groups is 1. The fourth-order valence-corrected chi connectivity index (χ4v) is 1.28. The molecule has 0 aromatic heterocycles. The van der Waals surface area contributed by atoms with Crippen molar-refractivity contribution in [3.63, 3.8) is 0 Å². The first kappa shape index (κ1) is 15.3. The Labute approximate surface area is 97.2 Å². The van der Waals surface area contributed by atoms with Crippen LogP contribution < -0.4 is 5.73 Å². The van der Waals surface area contributed by atoms with Crippen LogP contribution in [0.1, 0.15) is 26.2 Å². The van der Waals surface area contributed by atoms with Crippen LogP contribution in [0.15, 0.2) is 0 Å². The predicted molar refractivity (Wildman–Crippen MR) is 61.2 cm³/mol. The average Bonchev–Trinajstić information content (AvgIpc) is 2.26. The van der Waals surface area contributed by atoms with Gasteiger partial charge in [-0.1, -0.05) is 0 Å². The number of hydrogen-bond donors (Lipinski definition) is 1. The average molecular weight is 233 g/mol. The van der Waals surface area contributed by atoms with E-state index in [1.54, 1.807) is 14.0 Å². The molecule has 1 unspecified atom stereocenters. The molecule has 0 aliphatic heterocycles. The smallest absolute Gasteiger partial charge is 0.325 e. The van der Waals surface area contributed by atoms with Crippen molar-refractivity contribution in [1.29, 1.82) is 0 Å². The van der Waals surface area contributed by atoms with Gasteiger partial charge in [0.05, 0.1) is 20.3 Å². The molecule has 0 radical (unpaired) electrons. The first-order chi connectivity index (χ1) is 7.54. The van der Waals surface area contributed by atoms with E-state index < -0.39 is 5.54 Å². The van der Waals surface area contributed by atoms with Crippen LogP contribution in [0.3, 0.4) is 0 Å². The SMILES string of the molecule is COCCOCCCCC(C)(N)C(=O)OC. The molecule has 96 valence electrons.